The van der Waals surface area contributed by atoms with Crippen molar-refractivity contribution in [2.24, 2.45) is 5.92 Å². The summed E-state index contributed by atoms with van der Waals surface area (Å²) in [5, 5.41) is 58.6. The molecule has 58 heavy (non-hydrogen) atoms. The molecule has 3 heterocycles. The Balaban J connectivity index is 1.22. The Morgan fingerprint density at radius 2 is 1.74 bits per heavy atom. The summed E-state index contributed by atoms with van der Waals surface area (Å²) in [7, 11) is 5.47. The predicted molar refractivity (Wildman–Crippen MR) is 197 cm³/mol. The number of likely N-dealkylation sites (tertiary alicyclic amines) is 1. The molecule has 3 aliphatic rings. The molecule has 314 valence electrons. The van der Waals surface area contributed by atoms with Crippen LogP contribution in [-0.2, 0) is 53.2 Å². The topological polar surface area (TPSA) is 279 Å². The highest BCUT2D eigenvalue weighted by Gasteiger charge is 2.50. The molecule has 8 atom stereocenters. The Kier molecular flexibility index (Phi) is 15.8. The summed E-state index contributed by atoms with van der Waals surface area (Å²) in [5.74, 6) is -8.68. The van der Waals surface area contributed by atoms with Crippen LogP contribution in [-0.4, -0.2) is 141 Å². The van der Waals surface area contributed by atoms with Gasteiger partial charge in [0.05, 0.1) is 38.7 Å². The van der Waals surface area contributed by atoms with Crippen molar-refractivity contribution < 1.29 is 62.8 Å². The average molecular weight is 816 g/mol. The van der Waals surface area contributed by atoms with Gasteiger partial charge in [-0.15, -0.1) is 0 Å². The van der Waals surface area contributed by atoms with E-state index in [0.717, 1.165) is 16.0 Å². The third kappa shape index (κ3) is 11.8. The smallest absolute Gasteiger partial charge is 0.268 e. The fourth-order valence-corrected chi connectivity index (χ4v) is 7.12. The highest BCUT2D eigenvalue weighted by atomic mass is 19.3. The van der Waals surface area contributed by atoms with Crippen LogP contribution in [0.4, 0.5) is 8.78 Å². The lowest BCUT2D eigenvalue weighted by Crippen LogP contribution is -2.48. The number of carbonyl (C=O) groups excluding carboxylic acids is 7. The fourth-order valence-electron chi connectivity index (χ4n) is 7.12. The van der Waals surface area contributed by atoms with E-state index in [4.69, 9.17) is 7.85 Å². The van der Waals surface area contributed by atoms with E-state index in [1.54, 1.807) is 31.2 Å². The number of Topliss-reactive ketones (excluding diaryl/α,β-unsaturated/α-hetero) is 1. The molecule has 0 bridgehead atoms. The van der Waals surface area contributed by atoms with Gasteiger partial charge in [-0.2, -0.15) is 5.26 Å². The molecule has 4 rings (SSSR count). The molecular weight excluding hydrogens is 767 g/mol. The van der Waals surface area contributed by atoms with Crippen LogP contribution < -0.4 is 21.3 Å². The van der Waals surface area contributed by atoms with Crippen molar-refractivity contribution in [3.8, 4) is 6.07 Å². The SMILES string of the molecule is [B]CC(=O)[C@@H](CCC(=O)NC[C@@H](O)[C@H](O)[C@@H](O)[C@@H](O)CC)NC(=O)CC(=O)NCc1cccc2c1CN(C(=O)C[C@@H]1C[C@@H](C(=O)N3CC(F)(F)C[C@H]3C#N)NC1=O)C2. The molecule has 2 fully saturated rings. The maximum absolute atomic E-state index is 13.9. The van der Waals surface area contributed by atoms with Crippen LogP contribution >= 0.6 is 0 Å². The van der Waals surface area contributed by atoms with Crippen molar-refractivity contribution in [3.05, 3.63) is 34.9 Å². The van der Waals surface area contributed by atoms with Crippen molar-refractivity contribution in [1.29, 1.82) is 5.26 Å². The Bertz CT molecular complexity index is 1780. The molecule has 3 aliphatic heterocycles. The number of fused-ring (bicyclic) bond motifs is 1. The summed E-state index contributed by atoms with van der Waals surface area (Å²) in [6.45, 7) is 0.479. The number of amides is 6. The first-order valence-electron chi connectivity index (χ1n) is 18.9. The second-order valence-electron chi connectivity index (χ2n) is 14.8. The van der Waals surface area contributed by atoms with E-state index in [0.29, 0.717) is 5.56 Å². The van der Waals surface area contributed by atoms with E-state index in [1.165, 1.54) is 4.90 Å². The van der Waals surface area contributed by atoms with Gasteiger partial charge in [0.2, 0.25) is 35.4 Å². The molecule has 6 amide bonds. The van der Waals surface area contributed by atoms with Crippen molar-refractivity contribution in [2.75, 3.05) is 13.1 Å². The highest BCUT2D eigenvalue weighted by molar-refractivity contribution is 6.21. The predicted octanol–water partition coefficient (Wildman–Crippen LogP) is -2.42. The number of halogens is 2. The summed E-state index contributed by atoms with van der Waals surface area (Å²) < 4.78 is 27.8. The third-order valence-electron chi connectivity index (χ3n) is 10.5. The molecule has 0 spiro atoms. The number of alkyl halides is 2. The van der Waals surface area contributed by atoms with Gasteiger partial charge < -0.3 is 51.5 Å². The first kappa shape index (κ1) is 45.7. The maximum Gasteiger partial charge on any atom is 0.268 e. The van der Waals surface area contributed by atoms with Crippen molar-refractivity contribution in [2.45, 2.75) is 126 Å². The number of rotatable bonds is 19. The lowest BCUT2D eigenvalue weighted by atomic mass is 9.93. The number of nitrogens with one attached hydrogen (secondary N) is 4. The second kappa shape index (κ2) is 20.1. The number of benzene rings is 1. The largest absolute Gasteiger partial charge is 0.390 e. The standard InChI is InChI=1S/C37H48BF2N7O11/c1-2-26(48)33(55)34(56)28(50)15-43-29(51)7-6-24(27(49)12-38)44-31(53)10-30(52)42-14-19-4-3-5-20-16-46(17-23(19)20)32(54)9-21-8-25(45-35(21)57)36(58)47-18-37(39,40)11-22(47)13-41/h3-5,21-22,24-26,28,33-34,48,50,55-56H,2,6-12,14-18H2,1H3,(H,42,52)(H,43,51)(H,44,53)(H,45,57)/t21-,22-,24+,25-,26-,28+,33-,34-/m0/s1. The molecule has 0 aliphatic carbocycles. The summed E-state index contributed by atoms with van der Waals surface area (Å²) >= 11 is 0. The zero-order valence-corrected chi connectivity index (χ0v) is 31.9. The first-order valence-corrected chi connectivity index (χ1v) is 18.9. The van der Waals surface area contributed by atoms with Gasteiger partial charge in [-0.05, 0) is 42.3 Å². The van der Waals surface area contributed by atoms with Gasteiger partial charge in [0, 0.05) is 51.4 Å². The molecule has 2 saturated heterocycles. The van der Waals surface area contributed by atoms with Crippen LogP contribution in [0.3, 0.4) is 0 Å². The number of hydrogen-bond acceptors (Lipinski definition) is 12. The number of carbonyl (C=O) groups is 7. The zero-order chi connectivity index (χ0) is 42.9. The normalized spacial score (nSPS) is 22.1. The highest BCUT2D eigenvalue weighted by Crippen LogP contribution is 2.34. The maximum atomic E-state index is 13.9. The quantitative estimate of drug-likeness (QED) is 0.0536. The summed E-state index contributed by atoms with van der Waals surface area (Å²) in [6.07, 6.45) is -8.98. The monoisotopic (exact) mass is 815 g/mol. The van der Waals surface area contributed by atoms with Crippen molar-refractivity contribution in [3.63, 3.8) is 0 Å². The van der Waals surface area contributed by atoms with E-state index in [-0.39, 0.29) is 51.7 Å². The molecule has 2 radical (unpaired) electrons. The fraction of sp³-hybridized carbons (Fsp3) is 0.622. The number of ketones is 1. The van der Waals surface area contributed by atoms with Crippen LogP contribution in [0.2, 0.25) is 6.32 Å². The van der Waals surface area contributed by atoms with E-state index in [9.17, 15) is 68.0 Å². The summed E-state index contributed by atoms with van der Waals surface area (Å²) in [4.78, 5) is 91.5. The van der Waals surface area contributed by atoms with Gasteiger partial charge in [0.25, 0.3) is 5.92 Å². The zero-order valence-electron chi connectivity index (χ0n) is 31.9. The lowest BCUT2D eigenvalue weighted by molar-refractivity contribution is -0.136. The van der Waals surface area contributed by atoms with E-state index in [1.807, 2.05) is 0 Å². The molecule has 0 unspecified atom stereocenters. The van der Waals surface area contributed by atoms with Gasteiger partial charge in [0.15, 0.2) is 0 Å². The minimum atomic E-state index is -3.22. The molecule has 0 aromatic heterocycles. The van der Waals surface area contributed by atoms with Crippen LogP contribution in [0.25, 0.3) is 0 Å². The van der Waals surface area contributed by atoms with E-state index >= 15 is 0 Å². The Morgan fingerprint density at radius 3 is 2.41 bits per heavy atom. The molecule has 8 N–H and O–H groups in total. The number of aliphatic hydroxyl groups is 4. The first-order chi connectivity index (χ1) is 27.4. The van der Waals surface area contributed by atoms with Gasteiger partial charge in [0.1, 0.15) is 36.5 Å². The van der Waals surface area contributed by atoms with Gasteiger partial charge in [-0.1, -0.05) is 25.1 Å². The molecule has 21 heteroatoms. The van der Waals surface area contributed by atoms with E-state index in [2.05, 4.69) is 21.3 Å². The van der Waals surface area contributed by atoms with Crippen LogP contribution in [0.1, 0.15) is 68.6 Å². The molecule has 0 saturated carbocycles. The average Bonchev–Trinajstić information content (AvgIpc) is 3.90. The van der Waals surface area contributed by atoms with Gasteiger partial charge in [-0.25, -0.2) is 8.78 Å². The van der Waals surface area contributed by atoms with Crippen LogP contribution in [0.15, 0.2) is 18.2 Å². The minimum absolute atomic E-state index is 0.0221. The minimum Gasteiger partial charge on any atom is -0.390 e. The number of nitrogens with zero attached hydrogens (tertiary/aromatic N) is 3. The van der Waals surface area contributed by atoms with E-state index < -0.39 is 128 Å². The van der Waals surface area contributed by atoms with Crippen molar-refractivity contribution in [1.82, 2.24) is 31.1 Å². The Morgan fingerprint density at radius 1 is 1.03 bits per heavy atom. The summed E-state index contributed by atoms with van der Waals surface area (Å²) in [6, 6.07) is 3.26. The molecule has 1 aromatic carbocycles. The Hall–Kier alpha value is -5.04. The Labute approximate surface area is 334 Å². The van der Waals surface area contributed by atoms with Gasteiger partial charge >= 0.3 is 0 Å². The number of nitriles is 1. The summed E-state index contributed by atoms with van der Waals surface area (Å²) in [5.41, 5.74) is 2.17. The number of aliphatic hydroxyl groups excluding tert-OH is 4. The molecular formula is C37H48BF2N7O11. The van der Waals surface area contributed by atoms with Crippen LogP contribution in [0.5, 0.6) is 0 Å². The molecule has 18 nitrogen and oxygen atoms in total. The second-order valence-corrected chi connectivity index (χ2v) is 14.8. The lowest BCUT2D eigenvalue weighted by Gasteiger charge is -2.26. The van der Waals surface area contributed by atoms with Crippen molar-refractivity contribution >= 4 is 49.1 Å². The molecule has 1 aromatic rings. The number of hydrogen-bond donors (Lipinski definition) is 8. The van der Waals surface area contributed by atoms with Crippen LogP contribution in [0, 0.1) is 17.2 Å². The van der Waals surface area contributed by atoms with Gasteiger partial charge in [-0.3, -0.25) is 33.6 Å². The third-order valence-corrected chi connectivity index (χ3v) is 10.5.